The highest BCUT2D eigenvalue weighted by atomic mass is 16.5. The highest BCUT2D eigenvalue weighted by molar-refractivity contribution is 6.05. The quantitative estimate of drug-likeness (QED) is 0.204. The Kier molecular flexibility index (Phi) is 8.23. The first-order valence-electron chi connectivity index (χ1n) is 12.9. The highest BCUT2D eigenvalue weighted by Crippen LogP contribution is 2.39. The molecule has 0 aliphatic rings. The zero-order chi connectivity index (χ0) is 27.4. The van der Waals surface area contributed by atoms with Crippen LogP contribution in [0, 0.1) is 6.92 Å². The molecule has 0 atom stereocenters. The van der Waals surface area contributed by atoms with Crippen LogP contribution in [0.15, 0.2) is 67.4 Å². The molecule has 0 saturated heterocycles. The van der Waals surface area contributed by atoms with Crippen molar-refractivity contribution in [2.24, 2.45) is 0 Å². The first-order valence-corrected chi connectivity index (χ1v) is 12.9. The fraction of sp³-hybridized carbons (Fsp3) is 0.281. The number of ether oxygens (including phenoxy) is 1. The van der Waals surface area contributed by atoms with E-state index >= 15 is 0 Å². The molecule has 0 saturated carbocycles. The van der Waals surface area contributed by atoms with Crippen molar-refractivity contribution in [3.05, 3.63) is 89.6 Å². The van der Waals surface area contributed by atoms with Crippen LogP contribution >= 0.6 is 0 Å². The third kappa shape index (κ3) is 6.09. The number of nitrogens with zero attached hydrogens (tertiary/aromatic N) is 2. The lowest BCUT2D eigenvalue weighted by Crippen LogP contribution is -2.14. The van der Waals surface area contributed by atoms with E-state index in [9.17, 15) is 9.59 Å². The van der Waals surface area contributed by atoms with Crippen LogP contribution in [0.4, 0.5) is 0 Å². The van der Waals surface area contributed by atoms with Crippen molar-refractivity contribution in [3.63, 3.8) is 0 Å². The number of likely N-dealkylation sites (N-methyl/N-ethyl adjacent to an activating group) is 1. The third-order valence-corrected chi connectivity index (χ3v) is 6.55. The largest absolute Gasteiger partial charge is 0.459 e. The number of carbonyl (C=O) groups is 2. The Morgan fingerprint density at radius 3 is 2.45 bits per heavy atom. The van der Waals surface area contributed by atoms with Crippen LogP contribution in [0.3, 0.4) is 0 Å². The molecule has 2 heterocycles. The van der Waals surface area contributed by atoms with E-state index in [1.165, 1.54) is 11.6 Å². The number of aromatic nitrogens is 2. The Morgan fingerprint density at radius 1 is 1.08 bits per heavy atom. The van der Waals surface area contributed by atoms with Crippen LogP contribution in [0.1, 0.15) is 40.9 Å². The fourth-order valence-corrected chi connectivity index (χ4v) is 4.45. The average Bonchev–Trinajstić information content (AvgIpc) is 3.27. The summed E-state index contributed by atoms with van der Waals surface area (Å²) in [6, 6.07) is 16.5. The Balaban J connectivity index is 1.87. The van der Waals surface area contributed by atoms with Gasteiger partial charge in [-0.25, -0.2) is 9.78 Å². The van der Waals surface area contributed by atoms with E-state index in [1.54, 1.807) is 6.20 Å². The van der Waals surface area contributed by atoms with Crippen LogP contribution in [-0.2, 0) is 22.4 Å². The number of pyridine rings is 1. The van der Waals surface area contributed by atoms with Crippen molar-refractivity contribution in [1.29, 1.82) is 0 Å². The number of rotatable bonds is 10. The number of ketones is 1. The zero-order valence-electron chi connectivity index (χ0n) is 22.8. The summed E-state index contributed by atoms with van der Waals surface area (Å²) in [7, 11) is 4.14. The van der Waals surface area contributed by atoms with Gasteiger partial charge in [0, 0.05) is 30.1 Å². The molecule has 38 heavy (non-hydrogen) atoms. The number of nitrogens with one attached hydrogen (secondary N) is 1. The van der Waals surface area contributed by atoms with Gasteiger partial charge in [0.05, 0.1) is 17.4 Å². The summed E-state index contributed by atoms with van der Waals surface area (Å²) in [6.07, 6.45) is 3.93. The summed E-state index contributed by atoms with van der Waals surface area (Å²) in [5.74, 6) is -0.437. The zero-order valence-corrected chi connectivity index (χ0v) is 22.8. The lowest BCUT2D eigenvalue weighted by molar-refractivity contribution is -0.114. The van der Waals surface area contributed by atoms with E-state index in [0.717, 1.165) is 51.9 Å². The van der Waals surface area contributed by atoms with Crippen LogP contribution < -0.4 is 0 Å². The van der Waals surface area contributed by atoms with Crippen molar-refractivity contribution in [2.75, 3.05) is 20.6 Å². The first kappa shape index (κ1) is 27.0. The molecule has 0 aliphatic heterocycles. The highest BCUT2D eigenvalue weighted by Gasteiger charge is 2.20. The van der Waals surface area contributed by atoms with Crippen LogP contribution in [0.5, 0.6) is 0 Å². The number of fused-ring (bicyclic) bond motifs is 1. The number of aromatic amines is 1. The van der Waals surface area contributed by atoms with E-state index in [0.29, 0.717) is 11.2 Å². The molecule has 6 nitrogen and oxygen atoms in total. The number of hydrogen-bond donors (Lipinski definition) is 1. The van der Waals surface area contributed by atoms with Crippen molar-refractivity contribution >= 4 is 22.8 Å². The number of H-pyrrole nitrogens is 1. The topological polar surface area (TPSA) is 75.3 Å². The molecule has 1 N–H and O–H groups in total. The summed E-state index contributed by atoms with van der Waals surface area (Å²) in [4.78, 5) is 35.1. The van der Waals surface area contributed by atoms with E-state index in [2.05, 4.69) is 59.8 Å². The van der Waals surface area contributed by atoms with Crippen molar-refractivity contribution < 1.29 is 14.3 Å². The maximum atomic E-state index is 12.7. The van der Waals surface area contributed by atoms with Crippen molar-refractivity contribution in [1.82, 2.24) is 14.9 Å². The predicted octanol–water partition coefficient (Wildman–Crippen LogP) is 6.17. The molecule has 0 unspecified atom stereocenters. The number of benzene rings is 2. The van der Waals surface area contributed by atoms with Gasteiger partial charge in [0.2, 0.25) is 0 Å². The smallest absolute Gasteiger partial charge is 0.339 e. The van der Waals surface area contributed by atoms with Crippen LogP contribution in [0.2, 0.25) is 0 Å². The number of hydrogen-bond acceptors (Lipinski definition) is 5. The monoisotopic (exact) mass is 509 g/mol. The average molecular weight is 510 g/mol. The Hall–Kier alpha value is -4.03. The minimum Gasteiger partial charge on any atom is -0.459 e. The maximum Gasteiger partial charge on any atom is 0.339 e. The molecule has 0 aliphatic carbocycles. The van der Waals surface area contributed by atoms with E-state index in [-0.39, 0.29) is 18.3 Å². The SMILES string of the molecule is C=CC(=O)Cc1cc(-c2c(-c3ccc(CCN(C)C)cc3)[nH]c3ncc(C(=O)OC(C)C)cc23)ccc1C. The van der Waals surface area contributed by atoms with Gasteiger partial charge < -0.3 is 14.6 Å². The molecule has 0 radical (unpaired) electrons. The second-order valence-electron chi connectivity index (χ2n) is 10.2. The minimum atomic E-state index is -0.408. The van der Waals surface area contributed by atoms with Gasteiger partial charge in [0.1, 0.15) is 5.65 Å². The number of carbonyl (C=O) groups excluding carboxylic acids is 2. The second-order valence-corrected chi connectivity index (χ2v) is 10.2. The first-order chi connectivity index (χ1) is 18.2. The molecule has 0 bridgehead atoms. The Labute approximate surface area is 224 Å². The molecular formula is C32H35N3O3. The van der Waals surface area contributed by atoms with Gasteiger partial charge >= 0.3 is 5.97 Å². The molecule has 2 aromatic carbocycles. The summed E-state index contributed by atoms with van der Waals surface area (Å²) in [5.41, 5.74) is 8.11. The number of aryl methyl sites for hydroxylation is 1. The molecular weight excluding hydrogens is 474 g/mol. The fourth-order valence-electron chi connectivity index (χ4n) is 4.45. The van der Waals surface area contributed by atoms with Gasteiger partial charge in [0.25, 0.3) is 0 Å². The molecule has 2 aromatic heterocycles. The number of esters is 1. The molecule has 6 heteroatoms. The maximum absolute atomic E-state index is 12.7. The minimum absolute atomic E-state index is 0.0295. The van der Waals surface area contributed by atoms with Gasteiger partial charge in [-0.15, -0.1) is 0 Å². The summed E-state index contributed by atoms with van der Waals surface area (Å²) in [6.45, 7) is 10.2. The molecule has 0 fully saturated rings. The standard InChI is InChI=1S/C32H35N3O3/c1-7-27(36)17-25-16-24(11-8-21(25)4)29-28-18-26(32(37)38-20(2)3)19-33-31(28)34-30(29)23-12-9-22(10-13-23)14-15-35(5)6/h7-13,16,18-20H,1,14-15,17H2,2-6H3,(H,33,34). The summed E-state index contributed by atoms with van der Waals surface area (Å²) in [5, 5.41) is 0.819. The van der Waals surface area contributed by atoms with E-state index < -0.39 is 5.97 Å². The van der Waals surface area contributed by atoms with E-state index in [1.807, 2.05) is 45.0 Å². The summed E-state index contributed by atoms with van der Waals surface area (Å²) < 4.78 is 5.43. The van der Waals surface area contributed by atoms with Gasteiger partial charge in [-0.1, -0.05) is 49.0 Å². The van der Waals surface area contributed by atoms with Crippen LogP contribution in [0.25, 0.3) is 33.4 Å². The number of allylic oxidation sites excluding steroid dienone is 1. The van der Waals surface area contributed by atoms with E-state index in [4.69, 9.17) is 4.74 Å². The Morgan fingerprint density at radius 2 is 1.79 bits per heavy atom. The predicted molar refractivity (Wildman–Crippen MR) is 153 cm³/mol. The van der Waals surface area contributed by atoms with Gasteiger partial charge in [0.15, 0.2) is 5.78 Å². The second kappa shape index (κ2) is 11.6. The Bertz CT molecular complexity index is 1480. The van der Waals surface area contributed by atoms with Gasteiger partial charge in [-0.3, -0.25) is 4.79 Å². The molecule has 0 amide bonds. The van der Waals surface area contributed by atoms with Gasteiger partial charge in [-0.2, -0.15) is 0 Å². The molecule has 196 valence electrons. The molecule has 4 aromatic rings. The summed E-state index contributed by atoms with van der Waals surface area (Å²) >= 11 is 0. The van der Waals surface area contributed by atoms with Gasteiger partial charge in [-0.05, 0) is 81.2 Å². The third-order valence-electron chi connectivity index (χ3n) is 6.55. The lowest BCUT2D eigenvalue weighted by atomic mass is 9.93. The lowest BCUT2D eigenvalue weighted by Gasteiger charge is -2.12. The molecule has 0 spiro atoms. The normalized spacial score (nSPS) is 11.3. The van der Waals surface area contributed by atoms with Crippen molar-refractivity contribution in [2.45, 2.75) is 39.7 Å². The van der Waals surface area contributed by atoms with Crippen LogP contribution in [-0.4, -0.2) is 53.4 Å². The van der Waals surface area contributed by atoms with Crippen molar-refractivity contribution in [3.8, 4) is 22.4 Å². The molecule has 4 rings (SSSR count).